The third kappa shape index (κ3) is 5.25. The van der Waals surface area contributed by atoms with Crippen molar-refractivity contribution in [2.75, 3.05) is 6.61 Å². The number of alkyl halides is 3. The van der Waals surface area contributed by atoms with Gasteiger partial charge in [0.25, 0.3) is 0 Å². The van der Waals surface area contributed by atoms with Gasteiger partial charge in [-0.25, -0.2) is 4.98 Å². The number of imidazole rings is 1. The fraction of sp³-hybridized carbons (Fsp3) is 0.600. The molecule has 1 saturated carbocycles. The number of aromatic amines is 1. The van der Waals surface area contributed by atoms with Gasteiger partial charge in [0.1, 0.15) is 23.7 Å². The molecule has 8 heteroatoms. The van der Waals surface area contributed by atoms with Crippen molar-refractivity contribution in [2.45, 2.75) is 64.2 Å². The van der Waals surface area contributed by atoms with E-state index >= 15 is 0 Å². The van der Waals surface area contributed by atoms with E-state index in [0.29, 0.717) is 12.8 Å². The number of Topliss-reactive ketones (excluding diaryl/α,β-unsaturated/α-hetero) is 1. The standard InChI is InChI=1S/C15H16F3N3O2.C5H10/c1-8-2-10(22)3-9(21-8)6-23-11-4-12(15(16,17)18)14-13(5-11)19-7-20-14;1-5-3-2-4-5/h4-5,7-9,21H,2-3,6H2,1H3,(H,19,20);5H,2-4H2,1H3. The first-order valence-electron chi connectivity index (χ1n) is 9.67. The topological polar surface area (TPSA) is 67.0 Å². The van der Waals surface area contributed by atoms with Gasteiger partial charge in [0.15, 0.2) is 0 Å². The van der Waals surface area contributed by atoms with E-state index in [0.717, 1.165) is 12.0 Å². The van der Waals surface area contributed by atoms with E-state index in [-0.39, 0.29) is 41.3 Å². The highest BCUT2D eigenvalue weighted by Crippen LogP contribution is 2.36. The number of rotatable bonds is 3. The van der Waals surface area contributed by atoms with E-state index in [1.165, 1.54) is 31.7 Å². The molecule has 4 rings (SSSR count). The van der Waals surface area contributed by atoms with Crippen molar-refractivity contribution in [2.24, 2.45) is 5.92 Å². The van der Waals surface area contributed by atoms with Gasteiger partial charge in [-0.15, -0.1) is 0 Å². The van der Waals surface area contributed by atoms with E-state index in [1.54, 1.807) is 0 Å². The second-order valence-electron chi connectivity index (χ2n) is 7.83. The summed E-state index contributed by atoms with van der Waals surface area (Å²) in [7, 11) is 0. The van der Waals surface area contributed by atoms with E-state index in [4.69, 9.17) is 4.74 Å². The zero-order valence-corrected chi connectivity index (χ0v) is 16.1. The van der Waals surface area contributed by atoms with Crippen LogP contribution in [0, 0.1) is 5.92 Å². The lowest BCUT2D eigenvalue weighted by Crippen LogP contribution is -2.47. The van der Waals surface area contributed by atoms with Crippen LogP contribution in [0.25, 0.3) is 11.0 Å². The van der Waals surface area contributed by atoms with Crippen molar-refractivity contribution in [3.05, 3.63) is 24.0 Å². The molecule has 2 heterocycles. The van der Waals surface area contributed by atoms with Crippen LogP contribution in [-0.4, -0.2) is 34.4 Å². The van der Waals surface area contributed by atoms with Crippen LogP contribution in [0.15, 0.2) is 18.5 Å². The van der Waals surface area contributed by atoms with E-state index < -0.39 is 11.7 Å². The molecular formula is C20H26F3N3O2. The zero-order valence-electron chi connectivity index (χ0n) is 16.1. The third-order valence-electron chi connectivity index (χ3n) is 5.18. The molecule has 1 aromatic carbocycles. The number of hydrogen-bond donors (Lipinski definition) is 2. The van der Waals surface area contributed by atoms with Gasteiger partial charge >= 0.3 is 6.18 Å². The summed E-state index contributed by atoms with van der Waals surface area (Å²) in [4.78, 5) is 17.9. The molecule has 2 N–H and O–H groups in total. The summed E-state index contributed by atoms with van der Waals surface area (Å²) in [5.41, 5.74) is -0.715. The first kappa shape index (κ1) is 20.6. The third-order valence-corrected chi connectivity index (χ3v) is 5.18. The van der Waals surface area contributed by atoms with Crippen LogP contribution in [0.4, 0.5) is 13.2 Å². The minimum Gasteiger partial charge on any atom is -0.492 e. The summed E-state index contributed by atoms with van der Waals surface area (Å²) >= 11 is 0. The molecule has 2 aliphatic rings. The van der Waals surface area contributed by atoms with Crippen molar-refractivity contribution in [3.8, 4) is 5.75 Å². The number of aromatic nitrogens is 2. The monoisotopic (exact) mass is 397 g/mol. The molecule has 2 fully saturated rings. The molecule has 0 amide bonds. The smallest absolute Gasteiger partial charge is 0.418 e. The number of benzene rings is 1. The van der Waals surface area contributed by atoms with Gasteiger partial charge in [-0.05, 0) is 18.9 Å². The van der Waals surface area contributed by atoms with Crippen molar-refractivity contribution < 1.29 is 22.7 Å². The fourth-order valence-corrected chi connectivity index (χ4v) is 3.46. The minimum atomic E-state index is -4.51. The molecule has 2 unspecified atom stereocenters. The lowest BCUT2D eigenvalue weighted by atomic mass is 9.88. The van der Waals surface area contributed by atoms with Crippen LogP contribution >= 0.6 is 0 Å². The number of ether oxygens (including phenoxy) is 1. The lowest BCUT2D eigenvalue weighted by Gasteiger charge is -2.27. The number of nitrogens with one attached hydrogen (secondary N) is 2. The van der Waals surface area contributed by atoms with E-state index in [2.05, 4.69) is 22.2 Å². The first-order chi connectivity index (χ1) is 13.2. The number of hydrogen-bond acceptors (Lipinski definition) is 4. The normalized spacial score (nSPS) is 23.1. The molecule has 5 nitrogen and oxygen atoms in total. The number of fused-ring (bicyclic) bond motifs is 1. The van der Waals surface area contributed by atoms with Gasteiger partial charge in [-0.1, -0.05) is 26.2 Å². The highest BCUT2D eigenvalue weighted by molar-refractivity contribution is 5.81. The maximum absolute atomic E-state index is 13.1. The number of H-pyrrole nitrogens is 1. The van der Waals surface area contributed by atoms with Crippen molar-refractivity contribution >= 4 is 16.8 Å². The fourth-order valence-electron chi connectivity index (χ4n) is 3.46. The Morgan fingerprint density at radius 1 is 1.21 bits per heavy atom. The highest BCUT2D eigenvalue weighted by Gasteiger charge is 2.34. The van der Waals surface area contributed by atoms with Crippen molar-refractivity contribution in [1.29, 1.82) is 0 Å². The summed E-state index contributed by atoms with van der Waals surface area (Å²) in [5, 5.41) is 3.21. The Kier molecular flexibility index (Phi) is 6.27. The van der Waals surface area contributed by atoms with Gasteiger partial charge < -0.3 is 15.0 Å². The van der Waals surface area contributed by atoms with Gasteiger partial charge in [0.05, 0.1) is 17.4 Å². The van der Waals surface area contributed by atoms with Crippen molar-refractivity contribution in [3.63, 3.8) is 0 Å². The van der Waals surface area contributed by atoms with E-state index in [1.807, 2.05) is 6.92 Å². The maximum atomic E-state index is 13.1. The van der Waals surface area contributed by atoms with Gasteiger partial charge in [-0.2, -0.15) is 13.2 Å². The van der Waals surface area contributed by atoms with Crippen LogP contribution in [0.5, 0.6) is 5.75 Å². The molecule has 0 bridgehead atoms. The Balaban J connectivity index is 0.000000391. The largest absolute Gasteiger partial charge is 0.492 e. The summed E-state index contributed by atoms with van der Waals surface area (Å²) < 4.78 is 44.8. The molecule has 28 heavy (non-hydrogen) atoms. The SMILES string of the molecule is CC1CC(=O)CC(COc2cc(C(F)(F)F)c3nc[nH]c3c2)N1.CC1CCC1. The molecule has 154 valence electrons. The zero-order chi connectivity index (χ0) is 20.3. The minimum absolute atomic E-state index is 0.0469. The van der Waals surface area contributed by atoms with Crippen LogP contribution in [0.1, 0.15) is 51.5 Å². The number of halogens is 3. The summed E-state index contributed by atoms with van der Waals surface area (Å²) in [6.45, 7) is 4.33. The first-order valence-corrected chi connectivity index (χ1v) is 9.67. The molecule has 1 aliphatic heterocycles. The average molecular weight is 397 g/mol. The average Bonchev–Trinajstić information content (AvgIpc) is 3.04. The molecule has 0 radical (unpaired) electrons. The number of carbonyl (C=O) groups is 1. The molecule has 1 aromatic heterocycles. The van der Waals surface area contributed by atoms with Gasteiger partial charge in [-0.3, -0.25) is 4.79 Å². The molecular weight excluding hydrogens is 371 g/mol. The second kappa shape index (κ2) is 8.51. The number of carbonyl (C=O) groups excluding carboxylic acids is 1. The summed E-state index contributed by atoms with van der Waals surface area (Å²) in [5.74, 6) is 1.29. The Hall–Kier alpha value is -2.09. The molecule has 2 aromatic rings. The van der Waals surface area contributed by atoms with Gasteiger partial charge in [0.2, 0.25) is 0 Å². The molecule has 1 aliphatic carbocycles. The Labute approximate surface area is 162 Å². The van der Waals surface area contributed by atoms with E-state index in [9.17, 15) is 18.0 Å². The Morgan fingerprint density at radius 2 is 1.93 bits per heavy atom. The predicted molar refractivity (Wildman–Crippen MR) is 100 cm³/mol. The summed E-state index contributed by atoms with van der Waals surface area (Å²) in [6.07, 6.45) is 1.95. The van der Waals surface area contributed by atoms with Crippen LogP contribution < -0.4 is 10.1 Å². The summed E-state index contributed by atoms with van der Waals surface area (Å²) in [6, 6.07) is 2.27. The Bertz CT molecular complexity index is 815. The molecule has 2 atom stereocenters. The molecule has 1 saturated heterocycles. The number of piperidine rings is 1. The van der Waals surface area contributed by atoms with Crippen LogP contribution in [-0.2, 0) is 11.0 Å². The molecule has 0 spiro atoms. The van der Waals surface area contributed by atoms with Crippen LogP contribution in [0.2, 0.25) is 0 Å². The highest BCUT2D eigenvalue weighted by atomic mass is 19.4. The Morgan fingerprint density at radius 3 is 2.50 bits per heavy atom. The van der Waals surface area contributed by atoms with Crippen molar-refractivity contribution in [1.82, 2.24) is 15.3 Å². The maximum Gasteiger partial charge on any atom is 0.418 e. The number of ketones is 1. The predicted octanol–water partition coefficient (Wildman–Crippen LogP) is 4.48. The number of nitrogens with zero attached hydrogens (tertiary/aromatic N) is 1. The quantitative estimate of drug-likeness (QED) is 0.802. The van der Waals surface area contributed by atoms with Gasteiger partial charge in [0, 0.05) is 31.0 Å². The lowest BCUT2D eigenvalue weighted by molar-refractivity contribution is -0.136. The second-order valence-corrected chi connectivity index (χ2v) is 7.83. The van der Waals surface area contributed by atoms with Crippen LogP contribution in [0.3, 0.4) is 0 Å².